The third kappa shape index (κ3) is 3.04. The molecule has 2 heteroatoms. The Bertz CT molecular complexity index is 271. The molecule has 0 radical (unpaired) electrons. The third-order valence-corrected chi connectivity index (χ3v) is 1.97. The molecule has 1 aromatic rings. The van der Waals surface area contributed by atoms with Crippen LogP contribution in [0.2, 0.25) is 0 Å². The second-order valence-electron chi connectivity index (χ2n) is 1.92. The Balaban J connectivity index is 2.59. The summed E-state index contributed by atoms with van der Waals surface area (Å²) in [5, 5.41) is 8.27. The van der Waals surface area contributed by atoms with E-state index in [0.717, 1.165) is 5.56 Å². The third-order valence-electron chi connectivity index (χ3n) is 1.18. The van der Waals surface area contributed by atoms with Crippen LogP contribution in [0.15, 0.2) is 35.3 Å². The van der Waals surface area contributed by atoms with Gasteiger partial charge in [-0.3, -0.25) is 0 Å². The molecule has 0 amide bonds. The van der Waals surface area contributed by atoms with Crippen LogP contribution in [0.3, 0.4) is 0 Å². The Kier molecular flexibility index (Phi) is 3.47. The van der Waals surface area contributed by atoms with Gasteiger partial charge >= 0.3 is 72.1 Å². The molecule has 0 spiro atoms. The van der Waals surface area contributed by atoms with Crippen molar-refractivity contribution in [2.75, 3.05) is 0 Å². The van der Waals surface area contributed by atoms with Crippen molar-refractivity contribution >= 4 is 21.0 Å². The number of nitriles is 1. The first-order chi connectivity index (χ1) is 5.43. The van der Waals surface area contributed by atoms with Crippen molar-refractivity contribution in [2.24, 2.45) is 0 Å². The summed E-state index contributed by atoms with van der Waals surface area (Å²) >= 11 is -0.00413. The molecule has 0 aliphatic rings. The molecule has 0 saturated carbocycles. The van der Waals surface area contributed by atoms with Crippen LogP contribution in [-0.2, 0) is 0 Å². The van der Waals surface area contributed by atoms with Gasteiger partial charge in [0, 0.05) is 0 Å². The Morgan fingerprint density at radius 2 is 2.00 bits per heavy atom. The van der Waals surface area contributed by atoms with Crippen molar-refractivity contribution in [3.8, 4) is 4.97 Å². The van der Waals surface area contributed by atoms with Gasteiger partial charge in [0.1, 0.15) is 0 Å². The van der Waals surface area contributed by atoms with Gasteiger partial charge in [-0.05, 0) is 0 Å². The van der Waals surface area contributed by atoms with E-state index < -0.39 is 0 Å². The molecule has 11 heavy (non-hydrogen) atoms. The molecule has 0 aromatic heterocycles. The van der Waals surface area contributed by atoms with Crippen molar-refractivity contribution < 1.29 is 0 Å². The Morgan fingerprint density at radius 3 is 2.64 bits per heavy atom. The fourth-order valence-electron chi connectivity index (χ4n) is 0.707. The van der Waals surface area contributed by atoms with Crippen LogP contribution in [0.4, 0.5) is 0 Å². The topological polar surface area (TPSA) is 23.8 Å². The first kappa shape index (κ1) is 8.07. The zero-order chi connectivity index (χ0) is 7.94. The molecule has 0 aliphatic heterocycles. The molecule has 1 aromatic carbocycles. The van der Waals surface area contributed by atoms with Crippen LogP contribution < -0.4 is 0 Å². The number of hydrogen-bond donors (Lipinski definition) is 0. The van der Waals surface area contributed by atoms with Crippen LogP contribution in [0.25, 0.3) is 6.08 Å². The maximum atomic E-state index is 8.27. The van der Waals surface area contributed by atoms with E-state index in [1.54, 1.807) is 0 Å². The van der Waals surface area contributed by atoms with Crippen LogP contribution in [0, 0.1) is 10.2 Å². The molecule has 0 aliphatic carbocycles. The van der Waals surface area contributed by atoms with Gasteiger partial charge in [-0.1, -0.05) is 0 Å². The fraction of sp³-hybridized carbons (Fsp3) is 0. The van der Waals surface area contributed by atoms with Crippen molar-refractivity contribution in [1.82, 2.24) is 0 Å². The molecule has 0 atom stereocenters. The molecule has 0 fully saturated rings. The quantitative estimate of drug-likeness (QED) is 0.680. The van der Waals surface area contributed by atoms with Crippen LogP contribution in [0.5, 0.6) is 0 Å². The minimum absolute atomic E-state index is 0.00413. The maximum absolute atomic E-state index is 8.27. The molecule has 1 nitrogen and oxygen atoms in total. The van der Waals surface area contributed by atoms with Crippen LogP contribution in [-0.4, -0.2) is 15.0 Å². The summed E-state index contributed by atoms with van der Waals surface area (Å²) in [5.41, 5.74) is 1.16. The molecule has 54 valence electrons. The zero-order valence-corrected chi connectivity index (χ0v) is 7.61. The van der Waals surface area contributed by atoms with E-state index in [2.05, 4.69) is 4.97 Å². The minimum atomic E-state index is -0.00413. The normalized spacial score (nSPS) is 9.73. The van der Waals surface area contributed by atoms with Crippen LogP contribution in [0.1, 0.15) is 5.56 Å². The van der Waals surface area contributed by atoms with Crippen molar-refractivity contribution in [3.63, 3.8) is 0 Å². The molecule has 0 unspecified atom stereocenters. The van der Waals surface area contributed by atoms with Gasteiger partial charge in [0.15, 0.2) is 0 Å². The van der Waals surface area contributed by atoms with Gasteiger partial charge in [-0.2, -0.15) is 0 Å². The van der Waals surface area contributed by atoms with Gasteiger partial charge in [-0.25, -0.2) is 0 Å². The van der Waals surface area contributed by atoms with Gasteiger partial charge < -0.3 is 0 Å². The Hall–Kier alpha value is -1.03. The molecule has 0 bridgehead atoms. The SMILES string of the molecule is N#C[Se]C=Cc1ccccc1. The molecule has 1 rings (SSSR count). The standard InChI is InChI=1S/C9H7NSe/c10-8-11-7-6-9-4-2-1-3-5-9/h1-7H. The average Bonchev–Trinajstić information content (AvgIpc) is 2.07. The predicted octanol–water partition coefficient (Wildman–Crippen LogP) is 1.84. The van der Waals surface area contributed by atoms with Crippen molar-refractivity contribution in [2.45, 2.75) is 0 Å². The van der Waals surface area contributed by atoms with Crippen LogP contribution >= 0.6 is 0 Å². The van der Waals surface area contributed by atoms with Crippen molar-refractivity contribution in [3.05, 3.63) is 40.9 Å². The first-order valence-corrected chi connectivity index (χ1v) is 5.04. The number of nitrogens with zero attached hydrogens (tertiary/aromatic N) is 1. The van der Waals surface area contributed by atoms with E-state index in [1.807, 2.05) is 41.4 Å². The summed E-state index contributed by atoms with van der Waals surface area (Å²) < 4.78 is 0. The summed E-state index contributed by atoms with van der Waals surface area (Å²) in [6.07, 6.45) is 1.98. The van der Waals surface area contributed by atoms with Gasteiger partial charge in [0.05, 0.1) is 0 Å². The summed E-state index contributed by atoms with van der Waals surface area (Å²) in [6.45, 7) is 0. The Labute approximate surface area is 72.5 Å². The van der Waals surface area contributed by atoms with E-state index in [4.69, 9.17) is 5.26 Å². The molecule has 0 saturated heterocycles. The first-order valence-electron chi connectivity index (χ1n) is 3.20. The predicted molar refractivity (Wildman–Crippen MR) is 46.8 cm³/mol. The Morgan fingerprint density at radius 1 is 1.27 bits per heavy atom. The van der Waals surface area contributed by atoms with E-state index >= 15 is 0 Å². The fourth-order valence-corrected chi connectivity index (χ4v) is 1.31. The average molecular weight is 208 g/mol. The van der Waals surface area contributed by atoms with E-state index in [1.165, 1.54) is 0 Å². The molecular formula is C9H7NSe. The van der Waals surface area contributed by atoms with Gasteiger partial charge in [0.25, 0.3) is 0 Å². The van der Waals surface area contributed by atoms with E-state index in [-0.39, 0.29) is 15.0 Å². The van der Waals surface area contributed by atoms with E-state index in [9.17, 15) is 0 Å². The number of hydrogen-bond acceptors (Lipinski definition) is 1. The molecule has 0 heterocycles. The summed E-state index contributed by atoms with van der Waals surface area (Å²) in [7, 11) is 0. The molecule has 0 N–H and O–H groups in total. The second-order valence-corrected chi connectivity index (χ2v) is 3.37. The number of rotatable bonds is 2. The molecular weight excluding hydrogens is 201 g/mol. The van der Waals surface area contributed by atoms with Gasteiger partial charge in [0.2, 0.25) is 0 Å². The van der Waals surface area contributed by atoms with Crippen molar-refractivity contribution in [1.29, 1.82) is 5.26 Å². The number of benzene rings is 1. The summed E-state index contributed by atoms with van der Waals surface area (Å²) in [4.78, 5) is 4.03. The van der Waals surface area contributed by atoms with E-state index in [0.29, 0.717) is 0 Å². The van der Waals surface area contributed by atoms with Gasteiger partial charge in [-0.15, -0.1) is 0 Å². The summed E-state index contributed by atoms with van der Waals surface area (Å²) in [5.74, 6) is 0. The monoisotopic (exact) mass is 209 g/mol. The zero-order valence-electron chi connectivity index (χ0n) is 5.90. The second kappa shape index (κ2) is 4.73. The summed E-state index contributed by atoms with van der Waals surface area (Å²) in [6, 6.07) is 9.98.